The predicted octanol–water partition coefficient (Wildman–Crippen LogP) is 2.97. The highest BCUT2D eigenvalue weighted by Gasteiger charge is 2.11. The number of hydrogen-bond acceptors (Lipinski definition) is 2. The topological polar surface area (TPSA) is 52.0 Å². The molecule has 0 heterocycles. The third-order valence-corrected chi connectivity index (χ3v) is 2.41. The van der Waals surface area contributed by atoms with E-state index in [4.69, 9.17) is 23.1 Å². The van der Waals surface area contributed by atoms with Gasteiger partial charge in [-0.15, -0.1) is 0 Å². The molecule has 0 bridgehead atoms. The van der Waals surface area contributed by atoms with Crippen LogP contribution < -0.4 is 11.5 Å². The van der Waals surface area contributed by atoms with Gasteiger partial charge in [0.05, 0.1) is 0 Å². The van der Waals surface area contributed by atoms with Crippen molar-refractivity contribution in [2.24, 2.45) is 11.7 Å². The van der Waals surface area contributed by atoms with Gasteiger partial charge in [-0.2, -0.15) is 0 Å². The van der Waals surface area contributed by atoms with Crippen LogP contribution in [0.5, 0.6) is 0 Å². The van der Waals surface area contributed by atoms with E-state index in [0.717, 1.165) is 17.7 Å². The van der Waals surface area contributed by atoms with Gasteiger partial charge in [-0.25, -0.2) is 0 Å². The summed E-state index contributed by atoms with van der Waals surface area (Å²) in [5, 5.41) is 0.688. The fourth-order valence-corrected chi connectivity index (χ4v) is 1.68. The summed E-state index contributed by atoms with van der Waals surface area (Å²) < 4.78 is 0. The smallest absolute Gasteiger partial charge is 0.0410 e. The fourth-order valence-electron chi connectivity index (χ4n) is 1.50. The van der Waals surface area contributed by atoms with E-state index in [1.54, 1.807) is 12.1 Å². The van der Waals surface area contributed by atoms with Gasteiger partial charge in [-0.05, 0) is 36.1 Å². The molecule has 0 spiro atoms. The zero-order valence-corrected chi connectivity index (χ0v) is 9.38. The van der Waals surface area contributed by atoms with Crippen LogP contribution in [0.1, 0.15) is 31.9 Å². The minimum absolute atomic E-state index is 0.0197. The molecule has 1 atom stereocenters. The Kier molecular flexibility index (Phi) is 3.78. The van der Waals surface area contributed by atoms with Crippen molar-refractivity contribution in [1.82, 2.24) is 0 Å². The maximum absolute atomic E-state index is 6.03. The van der Waals surface area contributed by atoms with Crippen molar-refractivity contribution in [3.05, 3.63) is 28.8 Å². The van der Waals surface area contributed by atoms with E-state index >= 15 is 0 Å². The first kappa shape index (κ1) is 11.3. The third-order valence-electron chi connectivity index (χ3n) is 2.17. The van der Waals surface area contributed by atoms with Crippen molar-refractivity contribution >= 4 is 17.3 Å². The Labute approximate surface area is 90.2 Å². The van der Waals surface area contributed by atoms with Gasteiger partial charge in [0.15, 0.2) is 0 Å². The molecular formula is C11H17ClN2. The van der Waals surface area contributed by atoms with Crippen molar-refractivity contribution in [1.29, 1.82) is 0 Å². The summed E-state index contributed by atoms with van der Waals surface area (Å²) in [5.74, 6) is 0.559. The number of benzene rings is 1. The predicted molar refractivity (Wildman–Crippen MR) is 62.2 cm³/mol. The zero-order chi connectivity index (χ0) is 10.7. The molecule has 0 fully saturated rings. The van der Waals surface area contributed by atoms with E-state index in [1.807, 2.05) is 6.07 Å². The van der Waals surface area contributed by atoms with Gasteiger partial charge >= 0.3 is 0 Å². The first-order chi connectivity index (χ1) is 6.50. The SMILES string of the molecule is CC(C)C[C@H](N)c1cc(Cl)ccc1N. The lowest BCUT2D eigenvalue weighted by molar-refractivity contribution is 0.511. The Morgan fingerprint density at radius 2 is 2.00 bits per heavy atom. The van der Waals surface area contributed by atoms with Crippen LogP contribution in [0.4, 0.5) is 5.69 Å². The molecule has 1 aromatic carbocycles. The van der Waals surface area contributed by atoms with E-state index in [9.17, 15) is 0 Å². The maximum Gasteiger partial charge on any atom is 0.0410 e. The van der Waals surface area contributed by atoms with E-state index < -0.39 is 0 Å². The van der Waals surface area contributed by atoms with Gasteiger partial charge in [-0.1, -0.05) is 25.4 Å². The van der Waals surface area contributed by atoms with E-state index in [-0.39, 0.29) is 6.04 Å². The molecule has 0 aliphatic heterocycles. The summed E-state index contributed by atoms with van der Waals surface area (Å²) in [6.45, 7) is 4.28. The van der Waals surface area contributed by atoms with Gasteiger partial charge in [0.2, 0.25) is 0 Å². The second-order valence-corrected chi connectivity index (χ2v) is 4.45. The maximum atomic E-state index is 6.03. The first-order valence-electron chi connectivity index (χ1n) is 4.81. The molecule has 0 amide bonds. The molecule has 1 rings (SSSR count). The highest BCUT2D eigenvalue weighted by Crippen LogP contribution is 2.26. The number of rotatable bonds is 3. The van der Waals surface area contributed by atoms with Gasteiger partial charge in [0.1, 0.15) is 0 Å². The molecule has 0 saturated heterocycles. The Bertz CT molecular complexity index is 310. The number of anilines is 1. The van der Waals surface area contributed by atoms with Crippen molar-refractivity contribution in [2.75, 3.05) is 5.73 Å². The zero-order valence-electron chi connectivity index (χ0n) is 8.63. The fraction of sp³-hybridized carbons (Fsp3) is 0.455. The Morgan fingerprint density at radius 3 is 2.57 bits per heavy atom. The van der Waals surface area contributed by atoms with E-state index in [1.165, 1.54) is 0 Å². The standard InChI is InChI=1S/C11H17ClN2/c1-7(2)5-11(14)9-6-8(12)3-4-10(9)13/h3-4,6-7,11H,5,13-14H2,1-2H3/t11-/m0/s1. The van der Waals surface area contributed by atoms with Gasteiger partial charge in [0.25, 0.3) is 0 Å². The second kappa shape index (κ2) is 4.67. The number of halogens is 1. The monoisotopic (exact) mass is 212 g/mol. The molecule has 0 aromatic heterocycles. The first-order valence-corrected chi connectivity index (χ1v) is 5.19. The molecule has 1 aromatic rings. The largest absolute Gasteiger partial charge is 0.398 e. The van der Waals surface area contributed by atoms with Crippen LogP contribution >= 0.6 is 11.6 Å². The molecule has 14 heavy (non-hydrogen) atoms. The second-order valence-electron chi connectivity index (χ2n) is 4.01. The summed E-state index contributed by atoms with van der Waals surface area (Å²) in [5.41, 5.74) is 13.5. The third kappa shape index (κ3) is 2.89. The van der Waals surface area contributed by atoms with Crippen LogP contribution in [0.2, 0.25) is 5.02 Å². The van der Waals surface area contributed by atoms with Crippen LogP contribution in [0, 0.1) is 5.92 Å². The highest BCUT2D eigenvalue weighted by atomic mass is 35.5. The minimum atomic E-state index is -0.0197. The molecule has 0 aliphatic rings. The molecule has 2 nitrogen and oxygen atoms in total. The lowest BCUT2D eigenvalue weighted by Gasteiger charge is -2.16. The van der Waals surface area contributed by atoms with Gasteiger partial charge in [-0.3, -0.25) is 0 Å². The molecule has 0 radical (unpaired) electrons. The lowest BCUT2D eigenvalue weighted by Crippen LogP contribution is -2.14. The normalized spacial score (nSPS) is 13.2. The van der Waals surface area contributed by atoms with E-state index in [0.29, 0.717) is 10.9 Å². The quantitative estimate of drug-likeness (QED) is 0.757. The lowest BCUT2D eigenvalue weighted by atomic mass is 9.97. The average molecular weight is 213 g/mol. The van der Waals surface area contributed by atoms with Crippen LogP contribution in [0.3, 0.4) is 0 Å². The number of nitrogens with two attached hydrogens (primary N) is 2. The molecule has 0 unspecified atom stereocenters. The van der Waals surface area contributed by atoms with Crippen LogP contribution in [0.25, 0.3) is 0 Å². The summed E-state index contributed by atoms with van der Waals surface area (Å²) >= 11 is 5.89. The van der Waals surface area contributed by atoms with Gasteiger partial charge in [0, 0.05) is 16.8 Å². The minimum Gasteiger partial charge on any atom is -0.398 e. The van der Waals surface area contributed by atoms with Crippen LogP contribution in [0.15, 0.2) is 18.2 Å². The number of nitrogen functional groups attached to an aromatic ring is 1. The molecule has 4 N–H and O–H groups in total. The van der Waals surface area contributed by atoms with Crippen molar-refractivity contribution in [3.8, 4) is 0 Å². The molecular weight excluding hydrogens is 196 g/mol. The molecule has 78 valence electrons. The Morgan fingerprint density at radius 1 is 1.36 bits per heavy atom. The van der Waals surface area contributed by atoms with Crippen molar-refractivity contribution < 1.29 is 0 Å². The highest BCUT2D eigenvalue weighted by molar-refractivity contribution is 6.30. The Balaban J connectivity index is 2.88. The van der Waals surface area contributed by atoms with Crippen LogP contribution in [-0.2, 0) is 0 Å². The molecule has 0 aliphatic carbocycles. The molecule has 0 saturated carbocycles. The average Bonchev–Trinajstić information content (AvgIpc) is 2.08. The molecule has 3 heteroatoms. The van der Waals surface area contributed by atoms with Gasteiger partial charge < -0.3 is 11.5 Å². The number of hydrogen-bond donors (Lipinski definition) is 2. The van der Waals surface area contributed by atoms with Crippen LogP contribution in [-0.4, -0.2) is 0 Å². The summed E-state index contributed by atoms with van der Waals surface area (Å²) in [4.78, 5) is 0. The van der Waals surface area contributed by atoms with Crippen molar-refractivity contribution in [3.63, 3.8) is 0 Å². The Hall–Kier alpha value is -0.730. The van der Waals surface area contributed by atoms with Crippen molar-refractivity contribution in [2.45, 2.75) is 26.3 Å². The summed E-state index contributed by atoms with van der Waals surface area (Å²) in [6.07, 6.45) is 0.921. The van der Waals surface area contributed by atoms with E-state index in [2.05, 4.69) is 13.8 Å². The summed E-state index contributed by atoms with van der Waals surface area (Å²) in [7, 11) is 0. The summed E-state index contributed by atoms with van der Waals surface area (Å²) in [6, 6.07) is 5.42.